The lowest BCUT2D eigenvalue weighted by Crippen LogP contribution is -2.22. The van der Waals surface area contributed by atoms with Crippen LogP contribution in [0.5, 0.6) is 5.75 Å². The largest absolute Gasteiger partial charge is 0.426 e. The molecule has 0 saturated carbocycles. The van der Waals surface area contributed by atoms with Crippen molar-refractivity contribution in [3.63, 3.8) is 0 Å². The molecule has 2 aromatic heterocycles. The number of carbonyl (C=O) groups is 1. The number of rotatable bonds is 4. The SMILES string of the molecule is Cc1cc(C(C)(C)C)ccc1OC(=O)CCn1cnc2sccc2c1=O. The molecule has 0 N–H and O–H groups in total. The fourth-order valence-corrected chi connectivity index (χ4v) is 3.39. The minimum absolute atomic E-state index is 0.0434. The van der Waals surface area contributed by atoms with E-state index in [1.54, 1.807) is 6.07 Å². The topological polar surface area (TPSA) is 61.2 Å². The van der Waals surface area contributed by atoms with E-state index in [4.69, 9.17) is 4.74 Å². The number of nitrogens with zero attached hydrogens (tertiary/aromatic N) is 2. The van der Waals surface area contributed by atoms with Gasteiger partial charge in [-0.3, -0.25) is 14.2 Å². The second-order valence-electron chi connectivity index (χ2n) is 7.34. The van der Waals surface area contributed by atoms with Crippen molar-refractivity contribution in [2.24, 2.45) is 0 Å². The van der Waals surface area contributed by atoms with E-state index >= 15 is 0 Å². The zero-order valence-electron chi connectivity index (χ0n) is 15.4. The van der Waals surface area contributed by atoms with E-state index in [0.29, 0.717) is 16.0 Å². The van der Waals surface area contributed by atoms with Gasteiger partial charge in [-0.05, 0) is 41.0 Å². The molecule has 5 nitrogen and oxygen atoms in total. The van der Waals surface area contributed by atoms with E-state index in [-0.39, 0.29) is 29.9 Å². The molecule has 0 radical (unpaired) electrons. The number of thiophene rings is 1. The molecule has 0 saturated heterocycles. The first kappa shape index (κ1) is 18.3. The maximum atomic E-state index is 12.3. The van der Waals surface area contributed by atoms with Crippen molar-refractivity contribution in [1.82, 2.24) is 9.55 Å². The quantitative estimate of drug-likeness (QED) is 0.513. The summed E-state index contributed by atoms with van der Waals surface area (Å²) in [5.74, 6) is 0.190. The van der Waals surface area contributed by atoms with Crippen molar-refractivity contribution in [2.45, 2.75) is 46.1 Å². The van der Waals surface area contributed by atoms with Crippen LogP contribution in [0.2, 0.25) is 0 Å². The molecule has 0 aliphatic heterocycles. The maximum absolute atomic E-state index is 12.3. The summed E-state index contributed by atoms with van der Waals surface area (Å²) in [6, 6.07) is 7.61. The van der Waals surface area contributed by atoms with Gasteiger partial charge in [0, 0.05) is 6.54 Å². The third-order valence-corrected chi connectivity index (χ3v) is 5.09. The van der Waals surface area contributed by atoms with Gasteiger partial charge in [-0.25, -0.2) is 4.98 Å². The highest BCUT2D eigenvalue weighted by molar-refractivity contribution is 7.16. The van der Waals surface area contributed by atoms with Gasteiger partial charge in [0.05, 0.1) is 18.1 Å². The molecule has 136 valence electrons. The van der Waals surface area contributed by atoms with Crippen molar-refractivity contribution in [3.8, 4) is 5.75 Å². The zero-order chi connectivity index (χ0) is 18.9. The Kier molecular flexibility index (Phi) is 4.96. The second kappa shape index (κ2) is 7.03. The van der Waals surface area contributed by atoms with E-state index in [0.717, 1.165) is 5.56 Å². The number of aromatic nitrogens is 2. The van der Waals surface area contributed by atoms with Crippen molar-refractivity contribution in [2.75, 3.05) is 0 Å². The molecule has 3 rings (SSSR count). The summed E-state index contributed by atoms with van der Waals surface area (Å²) in [6.45, 7) is 8.60. The third kappa shape index (κ3) is 3.85. The molecule has 0 fully saturated rings. The highest BCUT2D eigenvalue weighted by Crippen LogP contribution is 2.27. The molecule has 0 atom stereocenters. The molecule has 26 heavy (non-hydrogen) atoms. The first-order chi connectivity index (χ1) is 12.3. The van der Waals surface area contributed by atoms with Crippen molar-refractivity contribution in [3.05, 3.63) is 57.5 Å². The van der Waals surface area contributed by atoms with E-state index in [1.807, 2.05) is 30.5 Å². The van der Waals surface area contributed by atoms with Crippen LogP contribution in [-0.4, -0.2) is 15.5 Å². The van der Waals surface area contributed by atoms with Crippen LogP contribution >= 0.6 is 11.3 Å². The van der Waals surface area contributed by atoms with Crippen molar-refractivity contribution < 1.29 is 9.53 Å². The summed E-state index contributed by atoms with van der Waals surface area (Å²) in [7, 11) is 0. The smallest absolute Gasteiger partial charge is 0.313 e. The van der Waals surface area contributed by atoms with Gasteiger partial charge in [0.2, 0.25) is 0 Å². The first-order valence-electron chi connectivity index (χ1n) is 8.50. The van der Waals surface area contributed by atoms with Gasteiger partial charge in [0.1, 0.15) is 10.6 Å². The first-order valence-corrected chi connectivity index (χ1v) is 9.38. The molecule has 0 unspecified atom stereocenters. The van der Waals surface area contributed by atoms with Gasteiger partial charge in [-0.15, -0.1) is 11.3 Å². The Labute approximate surface area is 156 Å². The second-order valence-corrected chi connectivity index (χ2v) is 8.23. The lowest BCUT2D eigenvalue weighted by atomic mass is 9.86. The number of ether oxygens (including phenoxy) is 1. The fraction of sp³-hybridized carbons (Fsp3) is 0.350. The fourth-order valence-electron chi connectivity index (χ4n) is 2.67. The van der Waals surface area contributed by atoms with Crippen LogP contribution in [0.4, 0.5) is 0 Å². The standard InChI is InChI=1S/C20H22N2O3S/c1-13-11-14(20(2,3)4)5-6-16(13)25-17(23)7-9-22-12-21-18-15(19(22)24)8-10-26-18/h5-6,8,10-12H,7,9H2,1-4H3. The van der Waals surface area contributed by atoms with Crippen LogP contribution in [0.3, 0.4) is 0 Å². The van der Waals surface area contributed by atoms with Crippen LogP contribution in [0.25, 0.3) is 10.2 Å². The summed E-state index contributed by atoms with van der Waals surface area (Å²) in [4.78, 5) is 29.5. The summed E-state index contributed by atoms with van der Waals surface area (Å²) in [5.41, 5.74) is 2.03. The molecular formula is C20H22N2O3S. The van der Waals surface area contributed by atoms with Gasteiger partial charge in [0.15, 0.2) is 0 Å². The number of aryl methyl sites for hydroxylation is 2. The number of hydrogen-bond donors (Lipinski definition) is 0. The average Bonchev–Trinajstić information content (AvgIpc) is 3.04. The highest BCUT2D eigenvalue weighted by atomic mass is 32.1. The monoisotopic (exact) mass is 370 g/mol. The van der Waals surface area contributed by atoms with Crippen LogP contribution in [0.1, 0.15) is 38.3 Å². The Morgan fingerprint density at radius 2 is 2.04 bits per heavy atom. The Morgan fingerprint density at radius 1 is 1.27 bits per heavy atom. The van der Waals surface area contributed by atoms with Crippen LogP contribution in [0.15, 0.2) is 40.8 Å². The molecular weight excluding hydrogens is 348 g/mol. The summed E-state index contributed by atoms with van der Waals surface area (Å²) < 4.78 is 6.92. The Bertz CT molecular complexity index is 1010. The summed E-state index contributed by atoms with van der Waals surface area (Å²) in [6.07, 6.45) is 1.59. The Hall–Kier alpha value is -2.47. The molecule has 0 amide bonds. The third-order valence-electron chi connectivity index (χ3n) is 4.27. The highest BCUT2D eigenvalue weighted by Gasteiger charge is 2.16. The minimum Gasteiger partial charge on any atom is -0.426 e. The van der Waals surface area contributed by atoms with Gasteiger partial charge in [-0.1, -0.05) is 32.9 Å². The Balaban J connectivity index is 1.67. The normalized spacial score (nSPS) is 11.7. The van der Waals surface area contributed by atoms with E-state index in [1.165, 1.54) is 27.8 Å². The molecule has 0 spiro atoms. The van der Waals surface area contributed by atoms with Crippen molar-refractivity contribution >= 4 is 27.5 Å². The minimum atomic E-state index is -0.367. The molecule has 3 aromatic rings. The lowest BCUT2D eigenvalue weighted by molar-refractivity contribution is -0.134. The average molecular weight is 370 g/mol. The van der Waals surface area contributed by atoms with Gasteiger partial charge in [0.25, 0.3) is 5.56 Å². The molecule has 2 heterocycles. The Morgan fingerprint density at radius 3 is 2.73 bits per heavy atom. The molecule has 1 aromatic carbocycles. The number of carbonyl (C=O) groups excluding carboxylic acids is 1. The molecule has 0 bridgehead atoms. The summed E-state index contributed by atoms with van der Waals surface area (Å²) >= 11 is 1.42. The van der Waals surface area contributed by atoms with Crippen LogP contribution in [0, 0.1) is 6.92 Å². The van der Waals surface area contributed by atoms with E-state index in [9.17, 15) is 9.59 Å². The molecule has 6 heteroatoms. The summed E-state index contributed by atoms with van der Waals surface area (Å²) in [5, 5.41) is 2.42. The van der Waals surface area contributed by atoms with Gasteiger partial charge >= 0.3 is 5.97 Å². The zero-order valence-corrected chi connectivity index (χ0v) is 16.2. The van der Waals surface area contributed by atoms with Gasteiger partial charge < -0.3 is 4.74 Å². The molecule has 0 aliphatic carbocycles. The van der Waals surface area contributed by atoms with Crippen LogP contribution in [-0.2, 0) is 16.8 Å². The number of hydrogen-bond acceptors (Lipinski definition) is 5. The lowest BCUT2D eigenvalue weighted by Gasteiger charge is -2.20. The predicted molar refractivity (Wildman–Crippen MR) is 104 cm³/mol. The van der Waals surface area contributed by atoms with Crippen molar-refractivity contribution in [1.29, 1.82) is 0 Å². The van der Waals surface area contributed by atoms with Gasteiger partial charge in [-0.2, -0.15) is 0 Å². The van der Waals surface area contributed by atoms with E-state index in [2.05, 4.69) is 25.8 Å². The number of fused-ring (bicyclic) bond motifs is 1. The molecule has 0 aliphatic rings. The number of esters is 1. The van der Waals surface area contributed by atoms with Crippen LogP contribution < -0.4 is 10.3 Å². The maximum Gasteiger partial charge on any atom is 0.313 e. The van der Waals surface area contributed by atoms with E-state index < -0.39 is 0 Å². The predicted octanol–water partition coefficient (Wildman–Crippen LogP) is 4.06. The number of benzene rings is 1.